The summed E-state index contributed by atoms with van der Waals surface area (Å²) in [6.07, 6.45) is 11.3. The highest BCUT2D eigenvalue weighted by Gasteiger charge is 2.70. The van der Waals surface area contributed by atoms with Crippen LogP contribution in [0.4, 0.5) is 0 Å². The Kier molecular flexibility index (Phi) is 9.72. The van der Waals surface area contributed by atoms with Gasteiger partial charge in [-0.15, -0.1) is 0 Å². The Bertz CT molecular complexity index is 1660. The fraction of sp³-hybridized carbons (Fsp3) is 0.767. The molecule has 3 aliphatic heterocycles. The molecule has 4 unspecified atom stereocenters. The van der Waals surface area contributed by atoms with Crippen molar-refractivity contribution in [3.63, 3.8) is 0 Å². The zero-order chi connectivity index (χ0) is 37.4. The minimum Gasteiger partial charge on any atom is -0.468 e. The van der Waals surface area contributed by atoms with E-state index in [9.17, 15) is 14.7 Å². The van der Waals surface area contributed by atoms with Crippen molar-refractivity contribution in [2.45, 2.75) is 118 Å². The highest BCUT2D eigenvalue weighted by molar-refractivity contribution is 6.24. The van der Waals surface area contributed by atoms with Crippen molar-refractivity contribution < 1.29 is 33.6 Å². The van der Waals surface area contributed by atoms with Crippen molar-refractivity contribution >= 4 is 17.3 Å². The number of cyclic esters (lactones) is 1. The van der Waals surface area contributed by atoms with Crippen molar-refractivity contribution in [2.75, 3.05) is 39.5 Å². The molecule has 8 rings (SSSR count). The van der Waals surface area contributed by atoms with E-state index < -0.39 is 16.9 Å². The summed E-state index contributed by atoms with van der Waals surface area (Å²) in [6.45, 7) is 19.8. The third kappa shape index (κ3) is 5.86. The highest BCUT2D eigenvalue weighted by Crippen LogP contribution is 2.72. The van der Waals surface area contributed by atoms with E-state index in [2.05, 4.69) is 56.4 Å². The molecule has 0 spiro atoms. The van der Waals surface area contributed by atoms with E-state index in [1.54, 1.807) is 18.5 Å². The Morgan fingerprint density at radius 1 is 1.06 bits per heavy atom. The van der Waals surface area contributed by atoms with Crippen molar-refractivity contribution in [3.8, 4) is 5.88 Å². The number of likely N-dealkylation sites (tertiary alicyclic amines) is 1. The Labute approximate surface area is 315 Å². The van der Waals surface area contributed by atoms with Gasteiger partial charge in [0.15, 0.2) is 5.78 Å². The average molecular weight is 732 g/mol. The van der Waals surface area contributed by atoms with E-state index >= 15 is 0 Å². The van der Waals surface area contributed by atoms with Gasteiger partial charge in [-0.1, -0.05) is 40.2 Å². The maximum Gasteiger partial charge on any atom is 0.335 e. The first-order valence-corrected chi connectivity index (χ1v) is 20.5. The first kappa shape index (κ1) is 37.3. The monoisotopic (exact) mass is 731 g/mol. The molecule has 53 heavy (non-hydrogen) atoms. The molecular formula is C43H61N3O7. The molecule has 4 heterocycles. The third-order valence-electron chi connectivity index (χ3n) is 16.2. The van der Waals surface area contributed by atoms with Crippen LogP contribution in [0.1, 0.15) is 99.1 Å². The summed E-state index contributed by atoms with van der Waals surface area (Å²) in [7, 11) is 0. The number of ketones is 1. The number of aromatic nitrogens is 2. The van der Waals surface area contributed by atoms with Gasteiger partial charge in [0.05, 0.1) is 49.1 Å². The number of carbonyl (C=O) groups is 2. The Hall–Kier alpha value is -2.66. The number of aliphatic hydroxyl groups excluding tert-OH is 1. The molecule has 0 radical (unpaired) electrons. The molecule has 4 aliphatic carbocycles. The largest absolute Gasteiger partial charge is 0.468 e. The Balaban J connectivity index is 0.997. The SMILES string of the molecule is CCOC1CCN(CC2=C(C)CC([C@@H](C)[C@H]3CC[C@H]4C5C[C@@H](C)C6(C)[C@@H](O)C=C(c7cnc(OC8COC8)cn7)C(=O)[C@]6(C)[C@H]5CC[C@]34C)OC2=O)C1. The van der Waals surface area contributed by atoms with Gasteiger partial charge in [0, 0.05) is 49.1 Å². The molecular weight excluding hydrogens is 670 g/mol. The quantitative estimate of drug-likeness (QED) is 0.300. The number of ether oxygens (including phenoxy) is 4. The lowest BCUT2D eigenvalue weighted by atomic mass is 9.37. The van der Waals surface area contributed by atoms with Crippen LogP contribution in [0.25, 0.3) is 5.57 Å². The number of carbonyl (C=O) groups excluding carboxylic acids is 2. The fourth-order valence-corrected chi connectivity index (χ4v) is 12.8. The predicted molar refractivity (Wildman–Crippen MR) is 200 cm³/mol. The molecule has 10 heteroatoms. The van der Waals surface area contributed by atoms with Gasteiger partial charge < -0.3 is 24.1 Å². The maximum atomic E-state index is 15.0. The number of hydrogen-bond donors (Lipinski definition) is 1. The molecule has 3 saturated carbocycles. The summed E-state index contributed by atoms with van der Waals surface area (Å²) in [5.41, 5.74) is 1.73. The van der Waals surface area contributed by atoms with Gasteiger partial charge in [0.25, 0.3) is 0 Å². The van der Waals surface area contributed by atoms with E-state index in [-0.39, 0.29) is 53.2 Å². The smallest absolute Gasteiger partial charge is 0.335 e. The van der Waals surface area contributed by atoms with E-state index in [1.165, 1.54) is 5.57 Å². The van der Waals surface area contributed by atoms with Gasteiger partial charge in [-0.05, 0) is 99.4 Å². The average Bonchev–Trinajstić information content (AvgIpc) is 3.71. The molecule has 0 bridgehead atoms. The molecule has 1 N–H and O–H groups in total. The van der Waals surface area contributed by atoms with E-state index in [0.717, 1.165) is 70.2 Å². The second kappa shape index (κ2) is 13.8. The van der Waals surface area contributed by atoms with Gasteiger partial charge in [0.2, 0.25) is 5.88 Å². The zero-order valence-corrected chi connectivity index (χ0v) is 32.9. The summed E-state index contributed by atoms with van der Waals surface area (Å²) in [4.78, 5) is 40.0. The van der Waals surface area contributed by atoms with Crippen LogP contribution in [0.3, 0.4) is 0 Å². The molecule has 10 nitrogen and oxygen atoms in total. The first-order valence-electron chi connectivity index (χ1n) is 20.5. The number of hydrogen-bond acceptors (Lipinski definition) is 10. The zero-order valence-electron chi connectivity index (χ0n) is 32.9. The lowest BCUT2D eigenvalue weighted by molar-refractivity contribution is -0.196. The molecule has 5 fully saturated rings. The number of fused-ring (bicyclic) bond motifs is 5. The lowest BCUT2D eigenvalue weighted by Crippen LogP contribution is -2.66. The molecule has 2 saturated heterocycles. The van der Waals surface area contributed by atoms with Crippen LogP contribution in [0.2, 0.25) is 0 Å². The van der Waals surface area contributed by atoms with Crippen molar-refractivity contribution in [2.24, 2.45) is 51.8 Å². The van der Waals surface area contributed by atoms with E-state index in [4.69, 9.17) is 18.9 Å². The molecule has 1 aromatic rings. The minimum absolute atomic E-state index is 0.0195. The number of nitrogens with zero attached hydrogens (tertiary/aromatic N) is 3. The van der Waals surface area contributed by atoms with Crippen LogP contribution in [-0.2, 0) is 23.8 Å². The first-order chi connectivity index (χ1) is 25.3. The van der Waals surface area contributed by atoms with E-state index in [0.29, 0.717) is 54.7 Å². The summed E-state index contributed by atoms with van der Waals surface area (Å²) in [6, 6.07) is 0. The summed E-state index contributed by atoms with van der Waals surface area (Å²) < 4.78 is 23.2. The molecule has 1 aromatic heterocycles. The molecule has 0 amide bonds. The molecule has 12 atom stereocenters. The lowest BCUT2D eigenvalue weighted by Gasteiger charge is -2.66. The number of aliphatic hydroxyl groups is 1. The van der Waals surface area contributed by atoms with E-state index in [1.807, 2.05) is 6.92 Å². The van der Waals surface area contributed by atoms with Crippen molar-refractivity contribution in [1.82, 2.24) is 14.9 Å². The predicted octanol–water partition coefficient (Wildman–Crippen LogP) is 6.07. The van der Waals surface area contributed by atoms with Gasteiger partial charge in [-0.3, -0.25) is 9.69 Å². The van der Waals surface area contributed by atoms with Gasteiger partial charge >= 0.3 is 5.97 Å². The van der Waals surface area contributed by atoms with Crippen LogP contribution < -0.4 is 4.74 Å². The van der Waals surface area contributed by atoms with Crippen LogP contribution in [0.5, 0.6) is 5.88 Å². The van der Waals surface area contributed by atoms with Gasteiger partial charge in [-0.2, -0.15) is 0 Å². The van der Waals surface area contributed by atoms with Gasteiger partial charge in [-0.25, -0.2) is 14.8 Å². The number of Topliss-reactive ketones (excluding diaryl/α,β-unsaturated/α-hetero) is 1. The van der Waals surface area contributed by atoms with Crippen LogP contribution in [-0.4, -0.2) is 95.6 Å². The fourth-order valence-electron chi connectivity index (χ4n) is 12.8. The maximum absolute atomic E-state index is 15.0. The Morgan fingerprint density at radius 3 is 2.53 bits per heavy atom. The summed E-state index contributed by atoms with van der Waals surface area (Å²) in [5.74, 6) is 2.21. The van der Waals surface area contributed by atoms with Gasteiger partial charge in [0.1, 0.15) is 12.2 Å². The second-order valence-corrected chi connectivity index (χ2v) is 18.5. The van der Waals surface area contributed by atoms with Crippen LogP contribution in [0, 0.1) is 51.8 Å². The topological polar surface area (TPSA) is 120 Å². The standard InChI is InChI=1S/C43H61N3O7/c1-8-51-27-12-14-46(20-27)21-31-24(2)15-36(53-40(31)49)26(4)32-9-10-33-29-16-25(3)42(6)37(47)17-30(35-18-45-38(19-44-35)52-28-22-50-23-28)39(48)43(42,7)34(29)11-13-41(32,33)5/h17-19,25-29,32-34,36-37,47H,8-16,20-23H2,1-7H3/t25-,26+,27?,29?,32-,33+,34+,36?,37+,41-,42?,43+/m1/s1. The third-order valence-corrected chi connectivity index (χ3v) is 16.2. The molecule has 0 aromatic carbocycles. The summed E-state index contributed by atoms with van der Waals surface area (Å²) in [5, 5.41) is 12.0. The normalized spacial score (nSPS) is 42.3. The van der Waals surface area contributed by atoms with Crippen LogP contribution in [0.15, 0.2) is 29.6 Å². The number of rotatable bonds is 9. The highest BCUT2D eigenvalue weighted by atomic mass is 16.6. The number of esters is 1. The Morgan fingerprint density at radius 2 is 1.85 bits per heavy atom. The second-order valence-electron chi connectivity index (χ2n) is 18.5. The minimum atomic E-state index is -0.774. The van der Waals surface area contributed by atoms with Crippen molar-refractivity contribution in [1.29, 1.82) is 0 Å². The van der Waals surface area contributed by atoms with Crippen LogP contribution >= 0.6 is 0 Å². The molecule has 7 aliphatic rings. The molecule has 290 valence electrons. The van der Waals surface area contributed by atoms with Crippen molar-refractivity contribution in [3.05, 3.63) is 35.3 Å². The number of allylic oxidation sites excluding steroid dienone is 1. The summed E-state index contributed by atoms with van der Waals surface area (Å²) >= 11 is 0.